The third kappa shape index (κ3) is 5.79. The van der Waals surface area contributed by atoms with Crippen molar-refractivity contribution in [3.05, 3.63) is 48.5 Å². The molecule has 2 fully saturated rings. The number of hydrogen-bond donors (Lipinski definition) is 1. The number of rotatable bonds is 6. The summed E-state index contributed by atoms with van der Waals surface area (Å²) in [5.74, 6) is 1.14. The predicted octanol–water partition coefficient (Wildman–Crippen LogP) is 4.13. The maximum atomic E-state index is 12.8. The lowest BCUT2D eigenvalue weighted by Crippen LogP contribution is -2.64. The normalized spacial score (nSPS) is 24.1. The van der Waals surface area contributed by atoms with E-state index >= 15 is 0 Å². The highest BCUT2D eigenvalue weighted by Gasteiger charge is 2.42. The molecule has 9 heteroatoms. The number of likely N-dealkylation sites (tertiary alicyclic amines) is 2. The minimum atomic E-state index is -1.34. The fourth-order valence-electron chi connectivity index (χ4n) is 5.16. The summed E-state index contributed by atoms with van der Waals surface area (Å²) in [6, 6.07) is 16.5. The Bertz CT molecular complexity index is 1070. The van der Waals surface area contributed by atoms with Gasteiger partial charge in [0, 0.05) is 36.9 Å². The van der Waals surface area contributed by atoms with Gasteiger partial charge >= 0.3 is 6.09 Å². The average Bonchev–Trinajstić information content (AvgIpc) is 2.93. The first-order valence-corrected chi connectivity index (χ1v) is 13.6. The van der Waals surface area contributed by atoms with Gasteiger partial charge in [0.1, 0.15) is 11.5 Å². The Morgan fingerprint density at radius 3 is 2.19 bits per heavy atom. The summed E-state index contributed by atoms with van der Waals surface area (Å²) < 4.78 is 23.6. The van der Waals surface area contributed by atoms with E-state index in [9.17, 15) is 14.6 Å². The molecule has 0 aliphatic carbocycles. The molecule has 0 radical (unpaired) electrons. The number of benzene rings is 2. The van der Waals surface area contributed by atoms with Crippen molar-refractivity contribution in [1.29, 1.82) is 5.26 Å². The Kier molecular flexibility index (Phi) is 8.42. The number of nitrogens with two attached hydrogens (primary N) is 1. The Morgan fingerprint density at radius 1 is 1.08 bits per heavy atom. The van der Waals surface area contributed by atoms with E-state index in [-0.39, 0.29) is 12.0 Å². The van der Waals surface area contributed by atoms with Crippen molar-refractivity contribution < 1.29 is 18.8 Å². The lowest BCUT2D eigenvalue weighted by atomic mass is 9.83. The largest absolute Gasteiger partial charge is 0.606 e. The molecule has 0 bridgehead atoms. The van der Waals surface area contributed by atoms with Crippen LogP contribution in [0.5, 0.6) is 11.5 Å². The molecule has 2 aromatic rings. The standard InChI is InChI=1S/C27H34N4O4S/c1-3-27(29)18-20(19-28)12-17-31(27)21-13-15-30(16-14-21)26(32)35-23-6-10-25(11-7-23)36(33)24-8-4-22(34-2)5-9-24/h4-11,20-21H,3,12-18,29H2,1-2H3. The molecular weight excluding hydrogens is 476 g/mol. The highest BCUT2D eigenvalue weighted by molar-refractivity contribution is 7.91. The van der Waals surface area contributed by atoms with Gasteiger partial charge in [-0.05, 0) is 80.6 Å². The van der Waals surface area contributed by atoms with Gasteiger partial charge in [-0.1, -0.05) is 6.92 Å². The summed E-state index contributed by atoms with van der Waals surface area (Å²) in [5.41, 5.74) is 6.26. The number of nitriles is 1. The van der Waals surface area contributed by atoms with Gasteiger partial charge in [-0.15, -0.1) is 0 Å². The minimum absolute atomic E-state index is 0.0151. The predicted molar refractivity (Wildman–Crippen MR) is 137 cm³/mol. The zero-order valence-corrected chi connectivity index (χ0v) is 21.7. The van der Waals surface area contributed by atoms with E-state index < -0.39 is 16.8 Å². The number of nitrogens with zero attached hydrogens (tertiary/aromatic N) is 3. The van der Waals surface area contributed by atoms with Gasteiger partial charge in [0.15, 0.2) is 9.79 Å². The molecule has 2 saturated heterocycles. The first kappa shape index (κ1) is 26.3. The van der Waals surface area contributed by atoms with Crippen LogP contribution >= 0.6 is 0 Å². The second kappa shape index (κ2) is 11.5. The van der Waals surface area contributed by atoms with Crippen molar-refractivity contribution in [3.63, 3.8) is 0 Å². The van der Waals surface area contributed by atoms with Crippen molar-refractivity contribution in [2.75, 3.05) is 26.7 Å². The molecular formula is C27H34N4O4S. The van der Waals surface area contributed by atoms with Crippen molar-refractivity contribution in [3.8, 4) is 17.6 Å². The Balaban J connectivity index is 1.30. The lowest BCUT2D eigenvalue weighted by Gasteiger charge is -2.51. The average molecular weight is 511 g/mol. The molecule has 2 aromatic carbocycles. The second-order valence-corrected chi connectivity index (χ2v) is 11.0. The molecule has 1 amide bonds. The summed E-state index contributed by atoms with van der Waals surface area (Å²) >= 11 is -1.34. The van der Waals surface area contributed by atoms with Crippen molar-refractivity contribution in [2.24, 2.45) is 11.7 Å². The first-order chi connectivity index (χ1) is 17.4. The zero-order valence-electron chi connectivity index (χ0n) is 20.9. The van der Waals surface area contributed by atoms with E-state index in [1.165, 1.54) is 0 Å². The zero-order chi connectivity index (χ0) is 25.7. The molecule has 2 N–H and O–H groups in total. The highest BCUT2D eigenvalue weighted by atomic mass is 32.2. The molecule has 0 aromatic heterocycles. The van der Waals surface area contributed by atoms with Crippen LogP contribution in [0.2, 0.25) is 0 Å². The van der Waals surface area contributed by atoms with Crippen molar-refractivity contribution in [1.82, 2.24) is 9.80 Å². The number of ether oxygens (including phenoxy) is 2. The van der Waals surface area contributed by atoms with Gasteiger partial charge in [-0.3, -0.25) is 4.90 Å². The van der Waals surface area contributed by atoms with E-state index in [0.29, 0.717) is 46.8 Å². The van der Waals surface area contributed by atoms with Gasteiger partial charge in [0.25, 0.3) is 0 Å². The quantitative estimate of drug-likeness (QED) is 0.581. The van der Waals surface area contributed by atoms with Gasteiger partial charge in [-0.2, -0.15) is 5.26 Å². The SMILES string of the molecule is CCC1(N)CC(C#N)CCN1C1CCN(C(=O)Oc2ccc([S+]([O-])c3ccc(OC)cc3)cc2)CC1. The van der Waals surface area contributed by atoms with Crippen LogP contribution in [0.4, 0.5) is 4.79 Å². The van der Waals surface area contributed by atoms with Crippen molar-refractivity contribution >= 4 is 17.3 Å². The molecule has 2 aliphatic rings. The Hall–Kier alpha value is -2.77. The summed E-state index contributed by atoms with van der Waals surface area (Å²) in [4.78, 5) is 18.2. The number of piperidine rings is 2. The number of hydrogen-bond acceptors (Lipinski definition) is 7. The van der Waals surface area contributed by atoms with Gasteiger partial charge in [0.2, 0.25) is 0 Å². The molecule has 3 unspecified atom stereocenters. The summed E-state index contributed by atoms with van der Waals surface area (Å²) in [6.45, 7) is 4.10. The maximum absolute atomic E-state index is 12.8. The topological polar surface area (TPSA) is 115 Å². The molecule has 36 heavy (non-hydrogen) atoms. The minimum Gasteiger partial charge on any atom is -0.606 e. The van der Waals surface area contributed by atoms with Crippen molar-refractivity contribution in [2.45, 2.75) is 60.5 Å². The van der Waals surface area contributed by atoms with Crippen LogP contribution in [0.15, 0.2) is 58.3 Å². The fraction of sp³-hybridized carbons (Fsp3) is 0.481. The van der Waals surface area contributed by atoms with E-state index in [2.05, 4.69) is 17.9 Å². The number of amides is 1. The van der Waals surface area contributed by atoms with Gasteiger partial charge in [-0.25, -0.2) is 4.79 Å². The lowest BCUT2D eigenvalue weighted by molar-refractivity contribution is -0.0235. The molecule has 3 atom stereocenters. The van der Waals surface area contributed by atoms with Crippen LogP contribution in [0.3, 0.4) is 0 Å². The third-order valence-corrected chi connectivity index (χ3v) is 8.77. The van der Waals surface area contributed by atoms with E-state index in [1.807, 2.05) is 0 Å². The highest BCUT2D eigenvalue weighted by Crippen LogP contribution is 2.35. The van der Waals surface area contributed by atoms with Crippen LogP contribution in [0.25, 0.3) is 0 Å². The van der Waals surface area contributed by atoms with Crippen LogP contribution in [0.1, 0.15) is 39.0 Å². The van der Waals surface area contributed by atoms with Gasteiger partial charge < -0.3 is 24.7 Å². The molecule has 192 valence electrons. The van der Waals surface area contributed by atoms with Crippen LogP contribution in [-0.2, 0) is 11.2 Å². The summed E-state index contributed by atoms with van der Waals surface area (Å²) in [5, 5.41) is 9.34. The van der Waals surface area contributed by atoms with Crippen LogP contribution in [-0.4, -0.2) is 58.9 Å². The van der Waals surface area contributed by atoms with E-state index in [0.717, 1.165) is 32.2 Å². The monoisotopic (exact) mass is 510 g/mol. The summed E-state index contributed by atoms with van der Waals surface area (Å²) in [7, 11) is 1.59. The number of carbonyl (C=O) groups excluding carboxylic acids is 1. The molecule has 4 rings (SSSR count). The molecule has 2 heterocycles. The molecule has 2 aliphatic heterocycles. The van der Waals surface area contributed by atoms with E-state index in [1.54, 1.807) is 60.5 Å². The summed E-state index contributed by atoms with van der Waals surface area (Å²) in [6.07, 6.45) is 3.61. The smallest absolute Gasteiger partial charge is 0.415 e. The third-order valence-electron chi connectivity index (χ3n) is 7.37. The molecule has 0 spiro atoms. The molecule has 0 saturated carbocycles. The number of carbonyl (C=O) groups is 1. The Labute approximate surface area is 216 Å². The second-order valence-electron chi connectivity index (χ2n) is 9.47. The fourth-order valence-corrected chi connectivity index (χ4v) is 6.20. The first-order valence-electron chi connectivity index (χ1n) is 12.4. The van der Waals surface area contributed by atoms with Crippen LogP contribution < -0.4 is 15.2 Å². The number of methoxy groups -OCH3 is 1. The van der Waals surface area contributed by atoms with E-state index in [4.69, 9.17) is 15.2 Å². The molecule has 8 nitrogen and oxygen atoms in total. The van der Waals surface area contributed by atoms with Crippen LogP contribution in [0, 0.1) is 17.2 Å². The maximum Gasteiger partial charge on any atom is 0.415 e. The Morgan fingerprint density at radius 2 is 1.67 bits per heavy atom. The van der Waals surface area contributed by atoms with Gasteiger partial charge in [0.05, 0.1) is 24.8 Å².